The molecule has 0 heterocycles. The number of benzene rings is 1. The summed E-state index contributed by atoms with van der Waals surface area (Å²) < 4.78 is 0. The number of thioether (sulfide) groups is 1. The van der Waals surface area contributed by atoms with Gasteiger partial charge in [-0.05, 0) is 24.8 Å². The normalized spacial score (nSPS) is 11.8. The van der Waals surface area contributed by atoms with Crippen LogP contribution >= 0.6 is 11.8 Å². The first-order valence-electron chi connectivity index (χ1n) is 6.34. The number of nitrogens with zero attached hydrogens (tertiary/aromatic N) is 1. The van der Waals surface area contributed by atoms with Crippen molar-refractivity contribution in [2.75, 3.05) is 23.9 Å². The number of rotatable bonds is 7. The molecule has 20 heavy (non-hydrogen) atoms. The number of hydrogen-bond donors (Lipinski definition) is 2. The monoisotopic (exact) mass is 297 g/mol. The fourth-order valence-electron chi connectivity index (χ4n) is 1.69. The number of nitrogens with one attached hydrogen (secondary N) is 2. The molecule has 0 aliphatic heterocycles. The molecule has 0 aromatic heterocycles. The van der Waals surface area contributed by atoms with Gasteiger partial charge < -0.3 is 10.6 Å². The van der Waals surface area contributed by atoms with Gasteiger partial charge in [0.05, 0.1) is 4.92 Å². The SMILES string of the molecule is CCSCC(C)Nc1ccc(C(=O)NC)cc1[N+](=O)[O-]. The van der Waals surface area contributed by atoms with Crippen molar-refractivity contribution in [3.63, 3.8) is 0 Å². The number of carbonyl (C=O) groups excluding carboxylic acids is 1. The molecule has 0 aliphatic carbocycles. The average molecular weight is 297 g/mol. The van der Waals surface area contributed by atoms with Crippen LogP contribution in [-0.2, 0) is 0 Å². The molecule has 7 heteroatoms. The van der Waals surface area contributed by atoms with Crippen molar-refractivity contribution in [3.8, 4) is 0 Å². The van der Waals surface area contributed by atoms with E-state index in [9.17, 15) is 14.9 Å². The van der Waals surface area contributed by atoms with Gasteiger partial charge in [0.15, 0.2) is 0 Å². The predicted octanol–water partition coefficient (Wildman–Crippen LogP) is 2.51. The summed E-state index contributed by atoms with van der Waals surface area (Å²) >= 11 is 1.76. The van der Waals surface area contributed by atoms with Gasteiger partial charge in [0.25, 0.3) is 11.6 Å². The summed E-state index contributed by atoms with van der Waals surface area (Å²) in [5, 5.41) is 16.7. The summed E-state index contributed by atoms with van der Waals surface area (Å²) in [6.45, 7) is 4.04. The summed E-state index contributed by atoms with van der Waals surface area (Å²) in [4.78, 5) is 22.1. The van der Waals surface area contributed by atoms with E-state index in [0.717, 1.165) is 11.5 Å². The molecule has 1 aromatic carbocycles. The van der Waals surface area contributed by atoms with Gasteiger partial charge in [0.2, 0.25) is 0 Å². The smallest absolute Gasteiger partial charge is 0.293 e. The molecular weight excluding hydrogens is 278 g/mol. The molecule has 0 saturated carbocycles. The molecule has 0 radical (unpaired) electrons. The zero-order chi connectivity index (χ0) is 15.1. The summed E-state index contributed by atoms with van der Waals surface area (Å²) in [5.74, 6) is 1.53. The lowest BCUT2D eigenvalue weighted by molar-refractivity contribution is -0.384. The van der Waals surface area contributed by atoms with Gasteiger partial charge in [-0.3, -0.25) is 14.9 Å². The minimum Gasteiger partial charge on any atom is -0.376 e. The van der Waals surface area contributed by atoms with Crippen LogP contribution in [0.1, 0.15) is 24.2 Å². The third-order valence-corrected chi connectivity index (χ3v) is 3.80. The van der Waals surface area contributed by atoms with Crippen LogP contribution in [0.3, 0.4) is 0 Å². The first kappa shape index (κ1) is 16.3. The van der Waals surface area contributed by atoms with Gasteiger partial charge in [-0.1, -0.05) is 6.92 Å². The van der Waals surface area contributed by atoms with E-state index >= 15 is 0 Å². The second-order valence-electron chi connectivity index (χ2n) is 4.27. The summed E-state index contributed by atoms with van der Waals surface area (Å²) in [6.07, 6.45) is 0. The predicted molar refractivity (Wildman–Crippen MR) is 82.6 cm³/mol. The van der Waals surface area contributed by atoms with E-state index in [1.807, 2.05) is 6.92 Å². The Kier molecular flexibility index (Phi) is 6.30. The summed E-state index contributed by atoms with van der Waals surface area (Å²) in [7, 11) is 1.49. The van der Waals surface area contributed by atoms with Crippen molar-refractivity contribution < 1.29 is 9.72 Å². The van der Waals surface area contributed by atoms with Crippen molar-refractivity contribution in [1.29, 1.82) is 0 Å². The van der Waals surface area contributed by atoms with Crippen LogP contribution in [0.5, 0.6) is 0 Å². The maximum atomic E-state index is 11.5. The highest BCUT2D eigenvalue weighted by molar-refractivity contribution is 7.99. The highest BCUT2D eigenvalue weighted by Gasteiger charge is 2.18. The Morgan fingerprint density at radius 2 is 2.20 bits per heavy atom. The van der Waals surface area contributed by atoms with E-state index < -0.39 is 4.92 Å². The van der Waals surface area contributed by atoms with Crippen LogP contribution in [0.15, 0.2) is 18.2 Å². The average Bonchev–Trinajstić information content (AvgIpc) is 2.44. The minimum absolute atomic E-state index is 0.0838. The van der Waals surface area contributed by atoms with Gasteiger partial charge in [-0.15, -0.1) is 0 Å². The molecule has 0 spiro atoms. The second-order valence-corrected chi connectivity index (χ2v) is 5.59. The molecular formula is C13H19N3O3S. The second kappa shape index (κ2) is 7.74. The topological polar surface area (TPSA) is 84.3 Å². The van der Waals surface area contributed by atoms with Crippen molar-refractivity contribution in [2.45, 2.75) is 19.9 Å². The number of amides is 1. The van der Waals surface area contributed by atoms with Crippen LogP contribution in [0.4, 0.5) is 11.4 Å². The molecule has 0 bridgehead atoms. The quantitative estimate of drug-likeness (QED) is 0.596. The van der Waals surface area contributed by atoms with Crippen LogP contribution < -0.4 is 10.6 Å². The molecule has 0 saturated heterocycles. The van der Waals surface area contributed by atoms with Gasteiger partial charge in [0.1, 0.15) is 5.69 Å². The van der Waals surface area contributed by atoms with Gasteiger partial charge in [-0.2, -0.15) is 11.8 Å². The molecule has 1 aromatic rings. The number of nitro benzene ring substituents is 1. The van der Waals surface area contributed by atoms with Crippen LogP contribution in [-0.4, -0.2) is 35.4 Å². The molecule has 1 atom stereocenters. The largest absolute Gasteiger partial charge is 0.376 e. The minimum atomic E-state index is -0.478. The van der Waals surface area contributed by atoms with Gasteiger partial charge >= 0.3 is 0 Å². The maximum Gasteiger partial charge on any atom is 0.293 e. The van der Waals surface area contributed by atoms with E-state index in [0.29, 0.717) is 5.69 Å². The Labute approximate surface area is 122 Å². The Bertz CT molecular complexity index is 494. The lowest BCUT2D eigenvalue weighted by Crippen LogP contribution is -2.20. The van der Waals surface area contributed by atoms with E-state index in [1.54, 1.807) is 23.9 Å². The Balaban J connectivity index is 2.96. The number of hydrogen-bond acceptors (Lipinski definition) is 5. The van der Waals surface area contributed by atoms with E-state index in [2.05, 4.69) is 17.6 Å². The zero-order valence-corrected chi connectivity index (χ0v) is 12.6. The molecule has 6 nitrogen and oxygen atoms in total. The maximum absolute atomic E-state index is 11.5. The molecule has 1 amide bonds. The summed E-state index contributed by atoms with van der Waals surface area (Å²) in [5.41, 5.74) is 0.631. The first-order chi connectivity index (χ1) is 9.49. The summed E-state index contributed by atoms with van der Waals surface area (Å²) in [6, 6.07) is 4.56. The first-order valence-corrected chi connectivity index (χ1v) is 7.49. The van der Waals surface area contributed by atoms with Gasteiger partial charge in [0, 0.05) is 30.5 Å². The fourth-order valence-corrected chi connectivity index (χ4v) is 2.36. The molecule has 1 rings (SSSR count). The lowest BCUT2D eigenvalue weighted by Gasteiger charge is -2.15. The lowest BCUT2D eigenvalue weighted by atomic mass is 10.1. The van der Waals surface area contributed by atoms with E-state index in [-0.39, 0.29) is 23.2 Å². The molecule has 0 aliphatic rings. The van der Waals surface area contributed by atoms with Crippen molar-refractivity contribution >= 4 is 29.0 Å². The number of carbonyl (C=O) groups is 1. The van der Waals surface area contributed by atoms with Crippen LogP contribution in [0.25, 0.3) is 0 Å². The van der Waals surface area contributed by atoms with Gasteiger partial charge in [-0.25, -0.2) is 0 Å². The molecule has 1 unspecified atom stereocenters. The Morgan fingerprint density at radius 3 is 2.75 bits per heavy atom. The van der Waals surface area contributed by atoms with Crippen LogP contribution in [0.2, 0.25) is 0 Å². The van der Waals surface area contributed by atoms with Crippen molar-refractivity contribution in [1.82, 2.24) is 5.32 Å². The molecule has 0 fully saturated rings. The highest BCUT2D eigenvalue weighted by Crippen LogP contribution is 2.26. The molecule has 2 N–H and O–H groups in total. The van der Waals surface area contributed by atoms with E-state index in [4.69, 9.17) is 0 Å². The number of nitro groups is 1. The van der Waals surface area contributed by atoms with Crippen molar-refractivity contribution in [3.05, 3.63) is 33.9 Å². The van der Waals surface area contributed by atoms with Crippen molar-refractivity contribution in [2.24, 2.45) is 0 Å². The number of anilines is 1. The standard InChI is InChI=1S/C13H19N3O3S/c1-4-20-8-9(2)15-11-6-5-10(13(17)14-3)7-12(11)16(18)19/h5-7,9,15H,4,8H2,1-3H3,(H,14,17). The third-order valence-electron chi connectivity index (χ3n) is 2.66. The van der Waals surface area contributed by atoms with Crippen LogP contribution in [0, 0.1) is 10.1 Å². The zero-order valence-electron chi connectivity index (χ0n) is 11.8. The Hall–Kier alpha value is -1.76. The fraction of sp³-hybridized carbons (Fsp3) is 0.462. The highest BCUT2D eigenvalue weighted by atomic mass is 32.2. The molecule has 110 valence electrons. The Morgan fingerprint density at radius 1 is 1.50 bits per heavy atom. The third kappa shape index (κ3) is 4.41. The van der Waals surface area contributed by atoms with E-state index in [1.165, 1.54) is 13.1 Å².